The smallest absolute Gasteiger partial charge is 0.326 e. The fourth-order valence-electron chi connectivity index (χ4n) is 2.39. The summed E-state index contributed by atoms with van der Waals surface area (Å²) in [5.41, 5.74) is 0. The van der Waals surface area contributed by atoms with Crippen LogP contribution in [0, 0.1) is 5.92 Å². The normalized spacial score (nSPS) is 24.0. The van der Waals surface area contributed by atoms with Gasteiger partial charge in [-0.25, -0.2) is 4.79 Å². The van der Waals surface area contributed by atoms with Crippen molar-refractivity contribution >= 4 is 11.9 Å². The number of ether oxygens (including phenoxy) is 1. The van der Waals surface area contributed by atoms with Crippen LogP contribution in [0.2, 0.25) is 0 Å². The molecule has 1 saturated heterocycles. The lowest BCUT2D eigenvalue weighted by Gasteiger charge is -2.37. The third-order valence-corrected chi connectivity index (χ3v) is 3.32. The fraction of sp³-hybridized carbons (Fsp3) is 0.846. The molecule has 0 saturated carbocycles. The van der Waals surface area contributed by atoms with E-state index in [1.807, 2.05) is 13.8 Å². The van der Waals surface area contributed by atoms with Crippen LogP contribution in [0.4, 0.5) is 0 Å². The molecular weight excluding hydrogens is 234 g/mol. The number of amides is 1. The molecule has 1 N–H and O–H groups in total. The Morgan fingerprint density at radius 2 is 2.11 bits per heavy atom. The van der Waals surface area contributed by atoms with Crippen LogP contribution in [0.3, 0.4) is 0 Å². The Morgan fingerprint density at radius 3 is 2.72 bits per heavy atom. The number of carbonyl (C=O) groups excluding carboxylic acids is 1. The van der Waals surface area contributed by atoms with Gasteiger partial charge in [0.25, 0.3) is 0 Å². The van der Waals surface area contributed by atoms with Gasteiger partial charge in [0.2, 0.25) is 5.91 Å². The van der Waals surface area contributed by atoms with Gasteiger partial charge in [0.1, 0.15) is 6.04 Å². The molecule has 0 aliphatic carbocycles. The Labute approximate surface area is 108 Å². The summed E-state index contributed by atoms with van der Waals surface area (Å²) in [6.45, 7) is 5.48. The molecule has 1 aliphatic heterocycles. The topological polar surface area (TPSA) is 66.8 Å². The summed E-state index contributed by atoms with van der Waals surface area (Å²) in [5, 5.41) is 9.21. The number of aliphatic carboxylic acids is 1. The maximum atomic E-state index is 12.0. The van der Waals surface area contributed by atoms with E-state index in [0.717, 1.165) is 19.3 Å². The molecule has 0 spiro atoms. The van der Waals surface area contributed by atoms with Crippen LogP contribution in [0.5, 0.6) is 0 Å². The van der Waals surface area contributed by atoms with Gasteiger partial charge in [-0.15, -0.1) is 0 Å². The largest absolute Gasteiger partial charge is 0.480 e. The van der Waals surface area contributed by atoms with Crippen molar-refractivity contribution in [2.24, 2.45) is 5.92 Å². The van der Waals surface area contributed by atoms with Gasteiger partial charge in [-0.1, -0.05) is 13.8 Å². The molecule has 1 rings (SSSR count). The third kappa shape index (κ3) is 3.98. The zero-order chi connectivity index (χ0) is 13.5. The Balaban J connectivity index is 2.50. The molecule has 1 amide bonds. The first-order valence-electron chi connectivity index (χ1n) is 6.68. The van der Waals surface area contributed by atoms with Crippen LogP contribution >= 0.6 is 0 Å². The molecular formula is C13H23NO4. The zero-order valence-electron chi connectivity index (χ0n) is 11.2. The summed E-state index contributed by atoms with van der Waals surface area (Å²) >= 11 is 0. The summed E-state index contributed by atoms with van der Waals surface area (Å²) in [5.74, 6) is -0.980. The second kappa shape index (κ2) is 7.36. The number of nitrogens with zero attached hydrogens (tertiary/aromatic N) is 1. The average molecular weight is 257 g/mol. The monoisotopic (exact) mass is 257 g/mol. The van der Waals surface area contributed by atoms with Crippen LogP contribution in [-0.2, 0) is 14.3 Å². The minimum Gasteiger partial charge on any atom is -0.480 e. The molecule has 2 unspecified atom stereocenters. The van der Waals surface area contributed by atoms with E-state index in [4.69, 9.17) is 4.74 Å². The summed E-state index contributed by atoms with van der Waals surface area (Å²) in [6, 6.07) is -0.669. The number of carbonyl (C=O) groups is 2. The van der Waals surface area contributed by atoms with Crippen molar-refractivity contribution < 1.29 is 19.4 Å². The van der Waals surface area contributed by atoms with Gasteiger partial charge in [0, 0.05) is 13.2 Å². The van der Waals surface area contributed by atoms with Crippen molar-refractivity contribution in [3.8, 4) is 0 Å². The van der Waals surface area contributed by atoms with Crippen molar-refractivity contribution in [1.29, 1.82) is 0 Å². The molecule has 2 atom stereocenters. The molecule has 1 aliphatic rings. The molecule has 0 aromatic carbocycles. The van der Waals surface area contributed by atoms with E-state index < -0.39 is 12.0 Å². The van der Waals surface area contributed by atoms with Gasteiger partial charge >= 0.3 is 5.97 Å². The molecule has 0 bridgehead atoms. The number of carboxylic acid groups (broad SMARTS) is 1. The minimum atomic E-state index is -0.898. The van der Waals surface area contributed by atoms with Crippen molar-refractivity contribution in [3.05, 3.63) is 0 Å². The number of hydrogen-bond donors (Lipinski definition) is 1. The van der Waals surface area contributed by atoms with Crippen LogP contribution in [0.25, 0.3) is 0 Å². The van der Waals surface area contributed by atoms with Gasteiger partial charge in [-0.3, -0.25) is 4.79 Å². The van der Waals surface area contributed by atoms with Gasteiger partial charge in [-0.05, 0) is 25.2 Å². The second-order valence-electron chi connectivity index (χ2n) is 4.85. The van der Waals surface area contributed by atoms with Gasteiger partial charge in [0.15, 0.2) is 0 Å². The highest BCUT2D eigenvalue weighted by Crippen LogP contribution is 2.24. The van der Waals surface area contributed by atoms with Crippen molar-refractivity contribution in [1.82, 2.24) is 4.90 Å². The van der Waals surface area contributed by atoms with Crippen LogP contribution in [0.1, 0.15) is 39.5 Å². The predicted octanol–water partition coefficient (Wildman–Crippen LogP) is 1.51. The highest BCUT2D eigenvalue weighted by molar-refractivity contribution is 5.84. The molecule has 0 aromatic rings. The van der Waals surface area contributed by atoms with Crippen molar-refractivity contribution in [2.75, 3.05) is 19.8 Å². The molecule has 1 heterocycles. The van der Waals surface area contributed by atoms with E-state index >= 15 is 0 Å². The lowest BCUT2D eigenvalue weighted by atomic mass is 9.90. The SMILES string of the molecule is CCCOCCC(=O)N1CCCC(C)C1C(=O)O. The van der Waals surface area contributed by atoms with E-state index in [1.54, 1.807) is 0 Å². The quantitative estimate of drug-likeness (QED) is 0.732. The number of likely N-dealkylation sites (tertiary alicyclic amines) is 1. The first-order chi connectivity index (χ1) is 8.57. The van der Waals surface area contributed by atoms with Crippen molar-refractivity contribution in [2.45, 2.75) is 45.6 Å². The van der Waals surface area contributed by atoms with E-state index in [1.165, 1.54) is 4.90 Å². The minimum absolute atomic E-state index is 0.0248. The summed E-state index contributed by atoms with van der Waals surface area (Å²) < 4.78 is 5.27. The fourth-order valence-corrected chi connectivity index (χ4v) is 2.39. The zero-order valence-corrected chi connectivity index (χ0v) is 11.2. The first-order valence-corrected chi connectivity index (χ1v) is 6.68. The standard InChI is InChI=1S/C13H23NO4/c1-3-8-18-9-6-11(15)14-7-4-5-10(2)12(14)13(16)17/h10,12H,3-9H2,1-2H3,(H,16,17). The van der Waals surface area contributed by atoms with Crippen LogP contribution in [0.15, 0.2) is 0 Å². The molecule has 5 heteroatoms. The molecule has 5 nitrogen and oxygen atoms in total. The van der Waals surface area contributed by atoms with Gasteiger partial charge in [0.05, 0.1) is 13.0 Å². The Hall–Kier alpha value is -1.10. The third-order valence-electron chi connectivity index (χ3n) is 3.32. The van der Waals surface area contributed by atoms with Gasteiger partial charge < -0.3 is 14.7 Å². The first kappa shape index (κ1) is 15.0. The lowest BCUT2D eigenvalue weighted by molar-refractivity contribution is -0.155. The predicted molar refractivity (Wildman–Crippen MR) is 67.3 cm³/mol. The van der Waals surface area contributed by atoms with E-state index in [9.17, 15) is 14.7 Å². The molecule has 18 heavy (non-hydrogen) atoms. The Kier molecular flexibility index (Phi) is 6.12. The summed E-state index contributed by atoms with van der Waals surface area (Å²) in [7, 11) is 0. The number of carboxylic acids is 1. The highest BCUT2D eigenvalue weighted by atomic mass is 16.5. The average Bonchev–Trinajstić information content (AvgIpc) is 2.33. The maximum absolute atomic E-state index is 12.0. The maximum Gasteiger partial charge on any atom is 0.326 e. The summed E-state index contributed by atoms with van der Waals surface area (Å²) in [4.78, 5) is 24.7. The van der Waals surface area contributed by atoms with Crippen LogP contribution in [-0.4, -0.2) is 47.7 Å². The van der Waals surface area contributed by atoms with Gasteiger partial charge in [-0.2, -0.15) is 0 Å². The Bertz CT molecular complexity index is 293. The summed E-state index contributed by atoms with van der Waals surface area (Å²) in [6.07, 6.45) is 2.95. The molecule has 0 aromatic heterocycles. The number of rotatable bonds is 6. The van der Waals surface area contributed by atoms with Crippen molar-refractivity contribution in [3.63, 3.8) is 0 Å². The molecule has 104 valence electrons. The molecule has 1 fully saturated rings. The number of hydrogen-bond acceptors (Lipinski definition) is 3. The lowest BCUT2D eigenvalue weighted by Crippen LogP contribution is -2.52. The molecule has 0 radical (unpaired) electrons. The van der Waals surface area contributed by atoms with E-state index in [2.05, 4.69) is 0 Å². The van der Waals surface area contributed by atoms with Crippen LogP contribution < -0.4 is 0 Å². The van der Waals surface area contributed by atoms with E-state index in [-0.39, 0.29) is 18.2 Å². The highest BCUT2D eigenvalue weighted by Gasteiger charge is 2.36. The van der Waals surface area contributed by atoms with E-state index in [0.29, 0.717) is 19.8 Å². The second-order valence-corrected chi connectivity index (χ2v) is 4.85. The Morgan fingerprint density at radius 1 is 1.39 bits per heavy atom. The number of piperidine rings is 1.